The zero-order valence-electron chi connectivity index (χ0n) is 19.9. The Labute approximate surface area is 205 Å². The van der Waals surface area contributed by atoms with Crippen molar-refractivity contribution in [1.29, 1.82) is 0 Å². The molecule has 0 fully saturated rings. The Bertz CT molecular complexity index is 1360. The summed E-state index contributed by atoms with van der Waals surface area (Å²) in [7, 11) is 0. The molecule has 0 unspecified atom stereocenters. The van der Waals surface area contributed by atoms with E-state index >= 15 is 0 Å². The van der Waals surface area contributed by atoms with Crippen LogP contribution in [0.25, 0.3) is 10.9 Å². The third kappa shape index (κ3) is 6.14. The number of rotatable bonds is 8. The van der Waals surface area contributed by atoms with Gasteiger partial charge in [-0.05, 0) is 67.2 Å². The van der Waals surface area contributed by atoms with Crippen LogP contribution in [0.5, 0.6) is 0 Å². The topological polar surface area (TPSA) is 82.2 Å². The molecule has 0 saturated heterocycles. The lowest BCUT2D eigenvalue weighted by Crippen LogP contribution is -2.22. The molecule has 2 amide bonds. The van der Waals surface area contributed by atoms with Crippen LogP contribution in [-0.2, 0) is 6.54 Å². The summed E-state index contributed by atoms with van der Waals surface area (Å²) < 4.78 is 0. The number of aromatic nitrogens is 2. The van der Waals surface area contributed by atoms with Crippen molar-refractivity contribution in [3.8, 4) is 12.3 Å². The Hall–Kier alpha value is -4.41. The van der Waals surface area contributed by atoms with E-state index in [1.54, 1.807) is 0 Å². The fourth-order valence-corrected chi connectivity index (χ4v) is 3.75. The van der Waals surface area contributed by atoms with Gasteiger partial charge in [0.05, 0.1) is 5.52 Å². The fraction of sp³-hybridized carbons (Fsp3) is 0.179. The Kier molecular flexibility index (Phi) is 7.56. The van der Waals surface area contributed by atoms with E-state index in [4.69, 9.17) is 6.42 Å². The molecule has 4 aromatic rings. The van der Waals surface area contributed by atoms with Crippen molar-refractivity contribution >= 4 is 39.8 Å². The van der Waals surface area contributed by atoms with Crippen LogP contribution in [0.15, 0.2) is 73.1 Å². The van der Waals surface area contributed by atoms with Gasteiger partial charge in [0.1, 0.15) is 12.1 Å². The molecule has 0 atom stereocenters. The summed E-state index contributed by atoms with van der Waals surface area (Å²) >= 11 is 0. The number of carbonyl (C=O) groups is 1. The van der Waals surface area contributed by atoms with Gasteiger partial charge in [-0.15, -0.1) is 6.42 Å². The second kappa shape index (κ2) is 11.1. The first-order valence-electron chi connectivity index (χ1n) is 11.6. The van der Waals surface area contributed by atoms with Crippen LogP contribution in [0.4, 0.5) is 27.7 Å². The molecule has 0 spiro atoms. The molecular weight excluding hydrogens is 436 g/mol. The molecule has 1 heterocycles. The van der Waals surface area contributed by atoms with Crippen molar-refractivity contribution in [2.75, 3.05) is 29.0 Å². The van der Waals surface area contributed by atoms with Gasteiger partial charge in [0.15, 0.2) is 0 Å². The second-order valence-electron chi connectivity index (χ2n) is 8.04. The highest BCUT2D eigenvalue weighted by molar-refractivity contribution is 6.02. The lowest BCUT2D eigenvalue weighted by atomic mass is 10.2. The van der Waals surface area contributed by atoms with Crippen LogP contribution >= 0.6 is 0 Å². The highest BCUT2D eigenvalue weighted by atomic mass is 16.2. The number of hydrogen-bond donors (Lipinski definition) is 3. The minimum Gasteiger partial charge on any atom is -0.340 e. The summed E-state index contributed by atoms with van der Waals surface area (Å²) in [6, 6.07) is 20.6. The Morgan fingerprint density at radius 2 is 1.66 bits per heavy atom. The van der Waals surface area contributed by atoms with Crippen LogP contribution in [-0.4, -0.2) is 34.0 Å². The highest BCUT2D eigenvalue weighted by Gasteiger charge is 2.09. The van der Waals surface area contributed by atoms with Crippen molar-refractivity contribution in [3.63, 3.8) is 0 Å². The molecule has 0 aliphatic heterocycles. The Morgan fingerprint density at radius 3 is 2.40 bits per heavy atom. The van der Waals surface area contributed by atoms with Gasteiger partial charge >= 0.3 is 6.03 Å². The summed E-state index contributed by atoms with van der Waals surface area (Å²) in [6.45, 7) is 7.20. The summed E-state index contributed by atoms with van der Waals surface area (Å²) in [6.07, 6.45) is 7.01. The van der Waals surface area contributed by atoms with Crippen LogP contribution < -0.4 is 16.0 Å². The molecule has 0 bridgehead atoms. The summed E-state index contributed by atoms with van der Waals surface area (Å²) in [5.74, 6) is 3.25. The first-order valence-corrected chi connectivity index (χ1v) is 11.6. The maximum atomic E-state index is 12.6. The van der Waals surface area contributed by atoms with E-state index in [-0.39, 0.29) is 6.03 Å². The molecule has 35 heavy (non-hydrogen) atoms. The average Bonchev–Trinajstić information content (AvgIpc) is 2.88. The minimum absolute atomic E-state index is 0.325. The lowest BCUT2D eigenvalue weighted by molar-refractivity contribution is 0.262. The smallest absolute Gasteiger partial charge is 0.323 e. The molecule has 0 aliphatic carbocycles. The maximum Gasteiger partial charge on any atom is 0.323 e. The number of terminal acetylenes is 1. The predicted octanol–water partition coefficient (Wildman–Crippen LogP) is 5.84. The standard InChI is InChI=1S/C28H28N6O/c1-4-20-8-7-9-23(16-20)31-27-25-17-24(14-15-26(25)29-19-30-27)33-28(35)32-22-12-10-21(11-13-22)18-34(5-2)6-3/h1,7-17,19H,5-6,18H2,2-3H3,(H,29,30,31)(H2,32,33,35). The van der Waals surface area contributed by atoms with Gasteiger partial charge in [-0.2, -0.15) is 0 Å². The average molecular weight is 465 g/mol. The Balaban J connectivity index is 1.46. The summed E-state index contributed by atoms with van der Waals surface area (Å²) in [5, 5.41) is 9.84. The number of fused-ring (bicyclic) bond motifs is 1. The largest absolute Gasteiger partial charge is 0.340 e. The normalized spacial score (nSPS) is 10.7. The zero-order valence-corrected chi connectivity index (χ0v) is 19.9. The van der Waals surface area contributed by atoms with Gasteiger partial charge in [0.2, 0.25) is 0 Å². The molecule has 0 aliphatic rings. The fourth-order valence-electron chi connectivity index (χ4n) is 3.75. The minimum atomic E-state index is -0.325. The van der Waals surface area contributed by atoms with E-state index in [0.717, 1.165) is 47.5 Å². The van der Waals surface area contributed by atoms with Gasteiger partial charge in [-0.3, -0.25) is 4.90 Å². The van der Waals surface area contributed by atoms with E-state index in [0.29, 0.717) is 11.5 Å². The van der Waals surface area contributed by atoms with Crippen LogP contribution in [0, 0.1) is 12.3 Å². The van der Waals surface area contributed by atoms with Gasteiger partial charge in [-0.1, -0.05) is 38.0 Å². The molecule has 4 rings (SSSR count). The van der Waals surface area contributed by atoms with E-state index in [1.807, 2.05) is 66.7 Å². The molecule has 0 saturated carbocycles. The SMILES string of the molecule is C#Cc1cccc(Nc2ncnc3ccc(NC(=O)Nc4ccc(CN(CC)CC)cc4)cc23)c1. The number of nitrogens with zero attached hydrogens (tertiary/aromatic N) is 3. The first-order chi connectivity index (χ1) is 17.1. The summed E-state index contributed by atoms with van der Waals surface area (Å²) in [5.41, 5.74) is 4.91. The number of urea groups is 1. The quantitative estimate of drug-likeness (QED) is 0.285. The lowest BCUT2D eigenvalue weighted by Gasteiger charge is -2.18. The maximum absolute atomic E-state index is 12.6. The van der Waals surface area contributed by atoms with Crippen molar-refractivity contribution in [1.82, 2.24) is 14.9 Å². The molecule has 1 aromatic heterocycles. The molecule has 7 heteroatoms. The van der Waals surface area contributed by atoms with Crippen LogP contribution in [0.3, 0.4) is 0 Å². The number of nitrogens with one attached hydrogen (secondary N) is 3. The van der Waals surface area contributed by atoms with Gasteiger partial charge < -0.3 is 16.0 Å². The van der Waals surface area contributed by atoms with Crippen LogP contribution in [0.2, 0.25) is 0 Å². The van der Waals surface area contributed by atoms with Crippen molar-refractivity contribution in [2.45, 2.75) is 20.4 Å². The third-order valence-electron chi connectivity index (χ3n) is 5.70. The van der Waals surface area contributed by atoms with Crippen molar-refractivity contribution < 1.29 is 4.79 Å². The number of benzene rings is 3. The van der Waals surface area contributed by atoms with E-state index in [9.17, 15) is 4.79 Å². The van der Waals surface area contributed by atoms with E-state index in [2.05, 4.69) is 50.6 Å². The zero-order chi connectivity index (χ0) is 24.6. The van der Waals surface area contributed by atoms with Gasteiger partial charge in [-0.25, -0.2) is 14.8 Å². The predicted molar refractivity (Wildman–Crippen MR) is 143 cm³/mol. The molecule has 0 radical (unpaired) electrons. The molecule has 176 valence electrons. The van der Waals surface area contributed by atoms with Crippen molar-refractivity contribution in [3.05, 3.63) is 84.2 Å². The second-order valence-corrected chi connectivity index (χ2v) is 8.04. The first kappa shape index (κ1) is 23.7. The summed E-state index contributed by atoms with van der Waals surface area (Å²) in [4.78, 5) is 23.7. The van der Waals surface area contributed by atoms with Crippen molar-refractivity contribution in [2.24, 2.45) is 0 Å². The highest BCUT2D eigenvalue weighted by Crippen LogP contribution is 2.26. The van der Waals surface area contributed by atoms with Gasteiger partial charge in [0.25, 0.3) is 0 Å². The molecule has 3 N–H and O–H groups in total. The Morgan fingerprint density at radius 1 is 0.914 bits per heavy atom. The number of amides is 2. The molecule has 7 nitrogen and oxygen atoms in total. The molecular formula is C28H28N6O. The third-order valence-corrected chi connectivity index (χ3v) is 5.70. The van der Waals surface area contributed by atoms with Crippen LogP contribution in [0.1, 0.15) is 25.0 Å². The van der Waals surface area contributed by atoms with E-state index < -0.39 is 0 Å². The number of hydrogen-bond acceptors (Lipinski definition) is 5. The molecule has 3 aromatic carbocycles. The van der Waals surface area contributed by atoms with E-state index in [1.165, 1.54) is 11.9 Å². The van der Waals surface area contributed by atoms with Gasteiger partial charge in [0, 0.05) is 34.6 Å². The number of anilines is 4. The monoisotopic (exact) mass is 464 g/mol. The number of carbonyl (C=O) groups excluding carboxylic acids is 1.